The van der Waals surface area contributed by atoms with Crippen LogP contribution in [0.3, 0.4) is 0 Å². The number of ether oxygens (including phenoxy) is 3. The van der Waals surface area contributed by atoms with Gasteiger partial charge < -0.3 is 29.5 Å². The lowest BCUT2D eigenvalue weighted by molar-refractivity contribution is -0.189. The van der Waals surface area contributed by atoms with Crippen molar-refractivity contribution >= 4 is 11.8 Å². The molecule has 2 aliphatic heterocycles. The summed E-state index contributed by atoms with van der Waals surface area (Å²) >= 11 is 0. The molecule has 5 fully saturated rings. The monoisotopic (exact) mass is 462 g/mol. The van der Waals surface area contributed by atoms with Gasteiger partial charge in [-0.1, -0.05) is 18.6 Å². The standard InChI is InChI=1S/C25H34O8/c1-23-6-7-24(31-8-9-32-24)11-13(23)2-3-14-15-4-5-16(21(29)17(26)10-19(27)28)25(15)12-18(20(14)23)33-22(25)30/h2,14-18,20,22,26,30H,3-12H2,1H3,(H,27,28)/t14-,15-,16+,17?,18?,20+,22?,23-,25+/m0/s1. The zero-order chi connectivity index (χ0) is 23.2. The van der Waals surface area contributed by atoms with Gasteiger partial charge in [-0.05, 0) is 55.3 Å². The number of aliphatic carboxylic acids is 1. The van der Waals surface area contributed by atoms with Crippen molar-refractivity contribution in [2.45, 2.75) is 82.6 Å². The molecule has 2 bridgehead atoms. The fourth-order valence-corrected chi connectivity index (χ4v) is 8.93. The number of hydrogen-bond donors (Lipinski definition) is 3. The van der Waals surface area contributed by atoms with Crippen LogP contribution in [0.1, 0.15) is 58.3 Å². The minimum Gasteiger partial charge on any atom is -0.481 e. The van der Waals surface area contributed by atoms with Crippen molar-refractivity contribution in [3.63, 3.8) is 0 Å². The van der Waals surface area contributed by atoms with Gasteiger partial charge in [-0.15, -0.1) is 0 Å². The van der Waals surface area contributed by atoms with Gasteiger partial charge in [-0.3, -0.25) is 9.59 Å². The van der Waals surface area contributed by atoms with Crippen molar-refractivity contribution in [1.82, 2.24) is 0 Å². The number of hydrogen-bond acceptors (Lipinski definition) is 7. The van der Waals surface area contributed by atoms with Gasteiger partial charge in [-0.2, -0.15) is 0 Å². The van der Waals surface area contributed by atoms with Crippen LogP contribution in [0, 0.1) is 34.5 Å². The van der Waals surface area contributed by atoms with E-state index in [1.54, 1.807) is 0 Å². The molecule has 9 atom stereocenters. The predicted molar refractivity (Wildman–Crippen MR) is 114 cm³/mol. The number of Topliss-reactive ketones (excluding diaryl/α,β-unsaturated/α-hetero) is 1. The van der Waals surface area contributed by atoms with Crippen molar-refractivity contribution in [2.75, 3.05) is 13.2 Å². The maximum absolute atomic E-state index is 13.1. The summed E-state index contributed by atoms with van der Waals surface area (Å²) < 4.78 is 18.3. The van der Waals surface area contributed by atoms with Crippen LogP contribution in [-0.4, -0.2) is 64.6 Å². The normalized spacial score (nSPS) is 48.0. The smallest absolute Gasteiger partial charge is 0.306 e. The molecule has 182 valence electrons. The lowest BCUT2D eigenvalue weighted by Gasteiger charge is -2.58. The summed E-state index contributed by atoms with van der Waals surface area (Å²) in [5.74, 6) is -2.03. The quantitative estimate of drug-likeness (QED) is 0.543. The maximum Gasteiger partial charge on any atom is 0.306 e. The molecule has 4 aliphatic carbocycles. The van der Waals surface area contributed by atoms with E-state index in [9.17, 15) is 19.8 Å². The first-order chi connectivity index (χ1) is 15.7. The number of allylic oxidation sites excluding steroid dienone is 1. The lowest BCUT2D eigenvalue weighted by atomic mass is 9.46. The van der Waals surface area contributed by atoms with E-state index in [1.165, 1.54) is 5.57 Å². The van der Waals surface area contributed by atoms with Crippen molar-refractivity contribution in [3.05, 3.63) is 11.6 Å². The molecular weight excluding hydrogens is 428 g/mol. The Hall–Kier alpha value is -1.32. The highest BCUT2D eigenvalue weighted by molar-refractivity contribution is 5.89. The zero-order valence-electron chi connectivity index (χ0n) is 19.1. The molecule has 0 radical (unpaired) electrons. The molecule has 3 unspecified atom stereocenters. The van der Waals surface area contributed by atoms with Gasteiger partial charge in [0, 0.05) is 24.2 Å². The molecule has 0 aromatic carbocycles. The van der Waals surface area contributed by atoms with E-state index in [0.717, 1.165) is 32.1 Å². The number of ketones is 1. The predicted octanol–water partition coefficient (Wildman–Crippen LogP) is 2.02. The van der Waals surface area contributed by atoms with Crippen molar-refractivity contribution in [1.29, 1.82) is 0 Å². The highest BCUT2D eigenvalue weighted by Crippen LogP contribution is 2.71. The van der Waals surface area contributed by atoms with E-state index in [4.69, 9.17) is 19.3 Å². The number of carbonyl (C=O) groups is 2. The number of carboxylic acids is 1. The maximum atomic E-state index is 13.1. The first kappa shape index (κ1) is 22.2. The third kappa shape index (κ3) is 2.94. The number of aliphatic hydroxyl groups excluding tert-OH is 2. The first-order valence-electron chi connectivity index (χ1n) is 12.4. The molecule has 2 spiro atoms. The minimum absolute atomic E-state index is 0.0602. The molecule has 0 amide bonds. The van der Waals surface area contributed by atoms with Crippen molar-refractivity contribution in [2.24, 2.45) is 34.5 Å². The van der Waals surface area contributed by atoms with Gasteiger partial charge in [0.2, 0.25) is 0 Å². The van der Waals surface area contributed by atoms with Gasteiger partial charge in [0.05, 0.1) is 25.7 Å². The average molecular weight is 463 g/mol. The third-order valence-corrected chi connectivity index (χ3v) is 10.2. The summed E-state index contributed by atoms with van der Waals surface area (Å²) in [5, 5.41) is 30.5. The SMILES string of the molecule is C[C@]12CCC3(CC1=CC[C@H]1[C@@H]4CC[C@H](C(=O)C(O)CC(=O)O)[C@@]45CC(OC5O)[C@@H]12)OCCO3. The topological polar surface area (TPSA) is 123 Å². The summed E-state index contributed by atoms with van der Waals surface area (Å²) in [4.78, 5) is 24.2. The number of carbonyl (C=O) groups excluding carboxylic acids is 1. The number of rotatable bonds is 4. The zero-order valence-corrected chi connectivity index (χ0v) is 19.1. The molecular formula is C25H34O8. The van der Waals surface area contributed by atoms with E-state index in [-0.39, 0.29) is 23.4 Å². The van der Waals surface area contributed by atoms with Gasteiger partial charge >= 0.3 is 5.97 Å². The summed E-state index contributed by atoms with van der Waals surface area (Å²) in [7, 11) is 0. The Labute approximate surface area is 193 Å². The largest absolute Gasteiger partial charge is 0.481 e. The number of fused-ring (bicyclic) bond motifs is 6. The summed E-state index contributed by atoms with van der Waals surface area (Å²) in [6, 6.07) is 0. The van der Waals surface area contributed by atoms with E-state index < -0.39 is 47.7 Å². The van der Waals surface area contributed by atoms with E-state index in [0.29, 0.717) is 32.0 Å². The molecule has 2 heterocycles. The molecule has 3 N–H and O–H groups in total. The Morgan fingerprint density at radius 1 is 1.21 bits per heavy atom. The second-order valence-corrected chi connectivity index (χ2v) is 11.5. The fourth-order valence-electron chi connectivity index (χ4n) is 8.93. The highest BCUT2D eigenvalue weighted by Gasteiger charge is 2.71. The van der Waals surface area contributed by atoms with Crippen LogP contribution in [0.25, 0.3) is 0 Å². The van der Waals surface area contributed by atoms with Crippen LogP contribution >= 0.6 is 0 Å². The van der Waals surface area contributed by atoms with Gasteiger partial charge in [0.25, 0.3) is 0 Å². The molecule has 3 saturated carbocycles. The van der Waals surface area contributed by atoms with E-state index in [1.807, 2.05) is 0 Å². The van der Waals surface area contributed by atoms with Crippen LogP contribution in [0.4, 0.5) is 0 Å². The summed E-state index contributed by atoms with van der Waals surface area (Å²) in [6.07, 6.45) is 4.39. The average Bonchev–Trinajstić information content (AvgIpc) is 3.45. The van der Waals surface area contributed by atoms with E-state index >= 15 is 0 Å². The van der Waals surface area contributed by atoms with Crippen molar-refractivity contribution < 1.29 is 39.1 Å². The number of carboxylic acid groups (broad SMARTS) is 1. The van der Waals surface area contributed by atoms with Gasteiger partial charge in [0.1, 0.15) is 6.10 Å². The van der Waals surface area contributed by atoms with Crippen LogP contribution in [0.2, 0.25) is 0 Å². The summed E-state index contributed by atoms with van der Waals surface area (Å²) in [6.45, 7) is 3.61. The van der Waals surface area contributed by atoms with Crippen LogP contribution in [-0.2, 0) is 23.8 Å². The molecule has 33 heavy (non-hydrogen) atoms. The second-order valence-electron chi connectivity index (χ2n) is 11.5. The third-order valence-electron chi connectivity index (χ3n) is 10.2. The molecule has 6 aliphatic rings. The number of aliphatic hydroxyl groups is 2. The Bertz CT molecular complexity index is 893. The Morgan fingerprint density at radius 2 is 1.97 bits per heavy atom. The van der Waals surface area contributed by atoms with Crippen LogP contribution in [0.5, 0.6) is 0 Å². The molecule has 0 aromatic heterocycles. The molecule has 0 aromatic rings. The van der Waals surface area contributed by atoms with Crippen LogP contribution < -0.4 is 0 Å². The Kier molecular flexibility index (Phi) is 4.93. The fraction of sp³-hybridized carbons (Fsp3) is 0.840. The lowest BCUT2D eigenvalue weighted by Crippen LogP contribution is -2.56. The van der Waals surface area contributed by atoms with Gasteiger partial charge in [-0.25, -0.2) is 0 Å². The minimum atomic E-state index is -1.54. The highest BCUT2D eigenvalue weighted by atomic mass is 16.7. The molecule has 8 nitrogen and oxygen atoms in total. The van der Waals surface area contributed by atoms with Crippen LogP contribution in [0.15, 0.2) is 11.6 Å². The summed E-state index contributed by atoms with van der Waals surface area (Å²) in [5.41, 5.74) is 0.587. The molecule has 8 heteroatoms. The second kappa shape index (κ2) is 7.34. The van der Waals surface area contributed by atoms with Gasteiger partial charge in [0.15, 0.2) is 17.9 Å². The Morgan fingerprint density at radius 3 is 2.70 bits per heavy atom. The van der Waals surface area contributed by atoms with E-state index in [2.05, 4.69) is 13.0 Å². The molecule has 2 saturated heterocycles. The molecule has 6 rings (SSSR count). The Balaban J connectivity index is 1.32. The van der Waals surface area contributed by atoms with Crippen molar-refractivity contribution in [3.8, 4) is 0 Å². The first-order valence-corrected chi connectivity index (χ1v) is 12.4.